The van der Waals surface area contributed by atoms with Crippen molar-refractivity contribution in [2.75, 3.05) is 7.11 Å². The number of carbonyl (C=O) groups is 1. The van der Waals surface area contributed by atoms with Gasteiger partial charge in [0.05, 0.1) is 24.9 Å². The number of nitrogens with zero attached hydrogens (tertiary/aromatic N) is 2. The highest BCUT2D eigenvalue weighted by molar-refractivity contribution is 5.94. The van der Waals surface area contributed by atoms with E-state index in [9.17, 15) is 4.79 Å². The van der Waals surface area contributed by atoms with Gasteiger partial charge in [-0.3, -0.25) is 15.1 Å². The van der Waals surface area contributed by atoms with Crippen molar-refractivity contribution in [2.24, 2.45) is 0 Å². The van der Waals surface area contributed by atoms with Gasteiger partial charge in [-0.05, 0) is 47.6 Å². The van der Waals surface area contributed by atoms with Gasteiger partial charge in [0.25, 0.3) is 5.91 Å². The van der Waals surface area contributed by atoms with Crippen LogP contribution in [0.5, 0.6) is 5.75 Å². The smallest absolute Gasteiger partial charge is 0.257 e. The summed E-state index contributed by atoms with van der Waals surface area (Å²) in [6.45, 7) is 7.25. The second-order valence-corrected chi connectivity index (χ2v) is 9.63. The number of likely N-dealkylation sites (tertiary alicyclic amines) is 1. The van der Waals surface area contributed by atoms with E-state index < -0.39 is 0 Å². The molecule has 1 aliphatic heterocycles. The van der Waals surface area contributed by atoms with Crippen molar-refractivity contribution in [2.45, 2.75) is 57.8 Å². The largest absolute Gasteiger partial charge is 0.496 e. The molecule has 33 heavy (non-hydrogen) atoms. The van der Waals surface area contributed by atoms with E-state index in [-0.39, 0.29) is 23.5 Å². The number of carbonyl (C=O) groups excluding carboxylic acids is 1. The molecule has 1 aromatic heterocycles. The Morgan fingerprint density at radius 2 is 1.88 bits per heavy atom. The summed E-state index contributed by atoms with van der Waals surface area (Å²) in [5.41, 5.74) is 4.18. The van der Waals surface area contributed by atoms with Crippen molar-refractivity contribution >= 4 is 5.91 Å². The molecule has 0 spiro atoms. The molecule has 2 atom stereocenters. The minimum atomic E-state index is -0.0779. The average Bonchev–Trinajstić information content (AvgIpc) is 3.26. The quantitative estimate of drug-likeness (QED) is 0.548. The summed E-state index contributed by atoms with van der Waals surface area (Å²) in [6, 6.07) is 20.3. The molecule has 1 N–H and O–H groups in total. The molecule has 172 valence electrons. The first kappa shape index (κ1) is 23.0. The second kappa shape index (κ2) is 9.75. The van der Waals surface area contributed by atoms with Crippen molar-refractivity contribution in [3.05, 3.63) is 95.3 Å². The number of aromatic nitrogens is 1. The summed E-state index contributed by atoms with van der Waals surface area (Å²) in [7, 11) is 1.70. The molecule has 0 bridgehead atoms. The van der Waals surface area contributed by atoms with Gasteiger partial charge in [0.1, 0.15) is 5.75 Å². The maximum absolute atomic E-state index is 13.6. The van der Waals surface area contributed by atoms with E-state index >= 15 is 0 Å². The number of pyridine rings is 1. The summed E-state index contributed by atoms with van der Waals surface area (Å²) in [5, 5.41) is 3.66. The van der Waals surface area contributed by atoms with Gasteiger partial charge in [-0.2, -0.15) is 0 Å². The Kier molecular flexibility index (Phi) is 6.80. The first-order valence-electron chi connectivity index (χ1n) is 11.6. The zero-order valence-corrected chi connectivity index (χ0v) is 19.9. The van der Waals surface area contributed by atoms with Crippen molar-refractivity contribution in [1.82, 2.24) is 15.2 Å². The van der Waals surface area contributed by atoms with Gasteiger partial charge >= 0.3 is 0 Å². The Labute approximate surface area is 196 Å². The maximum atomic E-state index is 13.6. The first-order valence-corrected chi connectivity index (χ1v) is 11.6. The van der Waals surface area contributed by atoms with E-state index in [0.717, 1.165) is 29.7 Å². The van der Waals surface area contributed by atoms with Crippen LogP contribution in [0.25, 0.3) is 0 Å². The minimum Gasteiger partial charge on any atom is -0.496 e. The molecule has 0 radical (unpaired) electrons. The van der Waals surface area contributed by atoms with Crippen LogP contribution in [0.1, 0.15) is 66.7 Å². The lowest BCUT2D eigenvalue weighted by molar-refractivity contribution is 0.0631. The van der Waals surface area contributed by atoms with Crippen LogP contribution in [-0.2, 0) is 12.0 Å². The second-order valence-electron chi connectivity index (χ2n) is 9.63. The number of nitrogens with one attached hydrogen (secondary N) is 1. The average molecular weight is 444 g/mol. The van der Waals surface area contributed by atoms with Crippen molar-refractivity contribution in [3.8, 4) is 5.75 Å². The zero-order chi connectivity index (χ0) is 23.4. The van der Waals surface area contributed by atoms with Crippen LogP contribution in [0.4, 0.5) is 0 Å². The minimum absolute atomic E-state index is 0.00219. The van der Waals surface area contributed by atoms with Gasteiger partial charge in [-0.25, -0.2) is 0 Å². The molecule has 1 amide bonds. The van der Waals surface area contributed by atoms with Crippen molar-refractivity contribution in [1.29, 1.82) is 0 Å². The molecular weight excluding hydrogens is 410 g/mol. The summed E-state index contributed by atoms with van der Waals surface area (Å²) in [5.74, 6) is 0.862. The fraction of sp³-hybridized carbons (Fsp3) is 0.357. The number of benzene rings is 2. The Bertz CT molecular complexity index is 1080. The highest BCUT2D eigenvalue weighted by Gasteiger charge is 2.38. The summed E-state index contributed by atoms with van der Waals surface area (Å²) >= 11 is 0. The molecule has 3 aromatic rings. The summed E-state index contributed by atoms with van der Waals surface area (Å²) in [4.78, 5) is 19.7. The number of ether oxygens (including phenoxy) is 1. The van der Waals surface area contributed by atoms with E-state index in [1.165, 1.54) is 5.56 Å². The third kappa shape index (κ3) is 5.09. The summed E-state index contributed by atoms with van der Waals surface area (Å²) in [6.07, 6.45) is 5.06. The molecule has 2 aromatic carbocycles. The van der Waals surface area contributed by atoms with Gasteiger partial charge in [0, 0.05) is 24.5 Å². The monoisotopic (exact) mass is 443 g/mol. The van der Waals surface area contributed by atoms with Gasteiger partial charge in [0.15, 0.2) is 0 Å². The standard InChI is InChI=1S/C28H33N3O2/c1-28(2,3)23-12-14-25(33-4)22(17-23)19-30-26-15-13-24(20-9-6-5-7-10-20)31(26)27(32)21-11-8-16-29-18-21/h5-12,14,16-18,24,26,30H,13,15,19H2,1-4H3. The first-order chi connectivity index (χ1) is 15.9. The van der Waals surface area contributed by atoms with E-state index in [1.807, 2.05) is 41.3 Å². The Morgan fingerprint density at radius 3 is 2.55 bits per heavy atom. The fourth-order valence-corrected chi connectivity index (χ4v) is 4.55. The molecule has 5 nitrogen and oxygen atoms in total. The number of methoxy groups -OCH3 is 1. The Balaban J connectivity index is 1.61. The van der Waals surface area contributed by atoms with Crippen LogP contribution in [0.15, 0.2) is 73.1 Å². The highest BCUT2D eigenvalue weighted by Crippen LogP contribution is 2.37. The van der Waals surface area contributed by atoms with Crippen LogP contribution < -0.4 is 10.1 Å². The predicted molar refractivity (Wildman–Crippen MR) is 131 cm³/mol. The van der Waals surface area contributed by atoms with Crippen LogP contribution in [-0.4, -0.2) is 29.1 Å². The molecular formula is C28H33N3O2. The van der Waals surface area contributed by atoms with E-state index in [4.69, 9.17) is 4.74 Å². The van der Waals surface area contributed by atoms with Crippen LogP contribution in [0.2, 0.25) is 0 Å². The lowest BCUT2D eigenvalue weighted by Crippen LogP contribution is -2.45. The Hall–Kier alpha value is -3.18. The normalized spacial score (nSPS) is 18.4. The van der Waals surface area contributed by atoms with Gasteiger partial charge in [0.2, 0.25) is 0 Å². The Morgan fingerprint density at radius 1 is 1.09 bits per heavy atom. The lowest BCUT2D eigenvalue weighted by atomic mass is 9.86. The molecule has 2 heterocycles. The lowest BCUT2D eigenvalue weighted by Gasteiger charge is -2.31. The van der Waals surface area contributed by atoms with Crippen LogP contribution in [0.3, 0.4) is 0 Å². The molecule has 0 saturated carbocycles. The predicted octanol–water partition coefficient (Wildman–Crippen LogP) is 5.48. The molecule has 0 aliphatic carbocycles. The zero-order valence-electron chi connectivity index (χ0n) is 19.9. The van der Waals surface area contributed by atoms with E-state index in [0.29, 0.717) is 12.1 Å². The number of hydrogen-bond acceptors (Lipinski definition) is 4. The molecule has 4 rings (SSSR count). The third-order valence-corrected chi connectivity index (χ3v) is 6.39. The number of amides is 1. The molecule has 2 unspecified atom stereocenters. The topological polar surface area (TPSA) is 54.5 Å². The van der Waals surface area contributed by atoms with Gasteiger partial charge in [-0.1, -0.05) is 63.2 Å². The fourth-order valence-electron chi connectivity index (χ4n) is 4.55. The molecule has 1 fully saturated rings. The third-order valence-electron chi connectivity index (χ3n) is 6.39. The van der Waals surface area contributed by atoms with Crippen LogP contribution >= 0.6 is 0 Å². The highest BCUT2D eigenvalue weighted by atomic mass is 16.5. The van der Waals surface area contributed by atoms with Gasteiger partial charge < -0.3 is 9.64 Å². The molecule has 1 aliphatic rings. The van der Waals surface area contributed by atoms with Crippen molar-refractivity contribution in [3.63, 3.8) is 0 Å². The number of rotatable bonds is 6. The van der Waals surface area contributed by atoms with E-state index in [1.54, 1.807) is 19.5 Å². The maximum Gasteiger partial charge on any atom is 0.257 e. The summed E-state index contributed by atoms with van der Waals surface area (Å²) < 4.78 is 5.63. The van der Waals surface area contributed by atoms with E-state index in [2.05, 4.69) is 55.3 Å². The van der Waals surface area contributed by atoms with Gasteiger partial charge in [-0.15, -0.1) is 0 Å². The van der Waals surface area contributed by atoms with Crippen molar-refractivity contribution < 1.29 is 9.53 Å². The number of hydrogen-bond donors (Lipinski definition) is 1. The van der Waals surface area contributed by atoms with Crippen LogP contribution in [0, 0.1) is 0 Å². The molecule has 5 heteroatoms. The molecule has 1 saturated heterocycles. The SMILES string of the molecule is COc1ccc(C(C)(C)C)cc1CNC1CCC(c2ccccc2)N1C(=O)c1cccnc1.